The number of ether oxygens (including phenoxy) is 1. The lowest BCUT2D eigenvalue weighted by atomic mass is 9.96. The second-order valence-corrected chi connectivity index (χ2v) is 13.2. The molecule has 1 heterocycles. The molecule has 1 N–H and O–H groups in total. The first-order valence-electron chi connectivity index (χ1n) is 9.11. The molecule has 0 unspecified atom stereocenters. The van der Waals surface area contributed by atoms with E-state index in [1.165, 1.54) is 6.42 Å². The summed E-state index contributed by atoms with van der Waals surface area (Å²) in [5.41, 5.74) is 1.06. The van der Waals surface area contributed by atoms with Gasteiger partial charge >= 0.3 is 0 Å². The molecule has 1 fully saturated rings. The van der Waals surface area contributed by atoms with E-state index in [1.807, 2.05) is 19.1 Å². The highest BCUT2D eigenvalue weighted by Crippen LogP contribution is 2.37. The normalized spacial score (nSPS) is 17.0. The Morgan fingerprint density at radius 2 is 2.04 bits per heavy atom. The molecule has 0 aliphatic heterocycles. The van der Waals surface area contributed by atoms with Gasteiger partial charge in [0.15, 0.2) is 8.32 Å². The van der Waals surface area contributed by atoms with Crippen molar-refractivity contribution in [3.05, 3.63) is 23.9 Å². The van der Waals surface area contributed by atoms with Gasteiger partial charge in [0.05, 0.1) is 12.7 Å². The molecule has 5 nitrogen and oxygen atoms in total. The zero-order valence-electron chi connectivity index (χ0n) is 16.4. The molecule has 1 aliphatic rings. The number of carbonyl (C=O) groups excluding carboxylic acids is 1. The van der Waals surface area contributed by atoms with Crippen molar-refractivity contribution in [2.75, 3.05) is 11.9 Å². The summed E-state index contributed by atoms with van der Waals surface area (Å²) >= 11 is 0. The average molecular weight is 365 g/mol. The van der Waals surface area contributed by atoms with Crippen LogP contribution in [0.1, 0.15) is 45.6 Å². The van der Waals surface area contributed by atoms with Crippen LogP contribution in [0.15, 0.2) is 18.3 Å². The van der Waals surface area contributed by atoms with Gasteiger partial charge in [-0.1, -0.05) is 26.8 Å². The number of aromatic nitrogens is 1. The lowest BCUT2D eigenvalue weighted by Gasteiger charge is -2.39. The second-order valence-electron chi connectivity index (χ2n) is 8.46. The lowest BCUT2D eigenvalue weighted by Crippen LogP contribution is -2.49. The van der Waals surface area contributed by atoms with E-state index in [-0.39, 0.29) is 17.0 Å². The van der Waals surface area contributed by atoms with Crippen molar-refractivity contribution < 1.29 is 14.0 Å². The number of anilines is 1. The van der Waals surface area contributed by atoms with Crippen LogP contribution in [0, 0.1) is 6.92 Å². The van der Waals surface area contributed by atoms with Gasteiger partial charge in [-0.25, -0.2) is 4.98 Å². The third-order valence-electron chi connectivity index (χ3n) is 5.23. The highest BCUT2D eigenvalue weighted by Gasteiger charge is 2.41. The molecule has 25 heavy (non-hydrogen) atoms. The van der Waals surface area contributed by atoms with Gasteiger partial charge in [-0.2, -0.15) is 0 Å². The first-order valence-corrected chi connectivity index (χ1v) is 12.0. The van der Waals surface area contributed by atoms with Crippen LogP contribution in [0.2, 0.25) is 18.1 Å². The van der Waals surface area contributed by atoms with E-state index in [4.69, 9.17) is 9.16 Å². The van der Waals surface area contributed by atoms with Crippen molar-refractivity contribution in [2.24, 2.45) is 0 Å². The third-order valence-corrected chi connectivity index (χ3v) is 9.72. The largest absolute Gasteiger partial charge is 0.403 e. The Morgan fingerprint density at radius 3 is 2.52 bits per heavy atom. The van der Waals surface area contributed by atoms with E-state index in [0.29, 0.717) is 12.4 Å². The minimum Gasteiger partial charge on any atom is -0.403 e. The Kier molecular flexibility index (Phi) is 6.40. The van der Waals surface area contributed by atoms with E-state index < -0.39 is 14.4 Å². The maximum atomic E-state index is 12.8. The molecule has 1 amide bonds. The van der Waals surface area contributed by atoms with Crippen LogP contribution in [0.4, 0.5) is 5.82 Å². The number of nitrogens with zero attached hydrogens (tertiary/aromatic N) is 1. The molecule has 0 saturated heterocycles. The van der Waals surface area contributed by atoms with Gasteiger partial charge in [0.25, 0.3) is 5.91 Å². The number of aryl methyl sites for hydroxylation is 1. The molecule has 0 aromatic carbocycles. The molecule has 6 heteroatoms. The molecule has 1 aliphatic carbocycles. The second kappa shape index (κ2) is 7.97. The molecule has 0 bridgehead atoms. The third kappa shape index (κ3) is 5.62. The molecular formula is C19H32N2O3Si. The van der Waals surface area contributed by atoms with Gasteiger partial charge < -0.3 is 14.5 Å². The fourth-order valence-corrected chi connectivity index (χ4v) is 3.44. The Morgan fingerprint density at radius 1 is 1.36 bits per heavy atom. The van der Waals surface area contributed by atoms with Gasteiger partial charge in [0.1, 0.15) is 11.9 Å². The molecule has 140 valence electrons. The first-order chi connectivity index (χ1) is 11.6. The summed E-state index contributed by atoms with van der Waals surface area (Å²) in [7, 11) is -2.08. The van der Waals surface area contributed by atoms with E-state index in [2.05, 4.69) is 44.2 Å². The number of pyridine rings is 1. The number of nitrogens with one attached hydrogen (secondary N) is 1. The van der Waals surface area contributed by atoms with Crippen LogP contribution >= 0.6 is 0 Å². The summed E-state index contributed by atoms with van der Waals surface area (Å²) in [6.45, 7) is 13.1. The molecule has 0 spiro atoms. The van der Waals surface area contributed by atoms with E-state index >= 15 is 0 Å². The topological polar surface area (TPSA) is 60.5 Å². The molecule has 1 aromatic heterocycles. The van der Waals surface area contributed by atoms with Gasteiger partial charge in [0.2, 0.25) is 0 Å². The van der Waals surface area contributed by atoms with Gasteiger partial charge in [0, 0.05) is 6.20 Å². The van der Waals surface area contributed by atoms with Gasteiger partial charge in [-0.05, 0) is 55.9 Å². The SMILES string of the molecule is Cc1ccc(NC(=O)[C@H](COC2CCC2)O[Si](C)(C)C(C)(C)C)nc1. The highest BCUT2D eigenvalue weighted by atomic mass is 28.4. The van der Waals surface area contributed by atoms with Crippen molar-refractivity contribution in [1.82, 2.24) is 4.98 Å². The Labute approximate surface area is 152 Å². The molecule has 2 rings (SSSR count). The number of hydrogen-bond acceptors (Lipinski definition) is 4. The van der Waals surface area contributed by atoms with Crippen LogP contribution in [0.3, 0.4) is 0 Å². The Balaban J connectivity index is 2.05. The van der Waals surface area contributed by atoms with Crippen LogP contribution in [0.25, 0.3) is 0 Å². The Hall–Kier alpha value is -1.24. The maximum Gasteiger partial charge on any atom is 0.255 e. The van der Waals surface area contributed by atoms with Crippen molar-refractivity contribution >= 4 is 20.0 Å². The summed E-state index contributed by atoms with van der Waals surface area (Å²) in [4.78, 5) is 17.0. The summed E-state index contributed by atoms with van der Waals surface area (Å²) in [5, 5.41) is 2.90. The van der Waals surface area contributed by atoms with Crippen LogP contribution in [-0.2, 0) is 14.0 Å². The zero-order chi connectivity index (χ0) is 18.7. The van der Waals surface area contributed by atoms with E-state index in [0.717, 1.165) is 18.4 Å². The fourth-order valence-electron chi connectivity index (χ4n) is 2.21. The monoisotopic (exact) mass is 364 g/mol. The molecule has 1 atom stereocenters. The Bertz CT molecular complexity index is 577. The molecular weight excluding hydrogens is 332 g/mol. The lowest BCUT2D eigenvalue weighted by molar-refractivity contribution is -0.128. The molecule has 1 aromatic rings. The van der Waals surface area contributed by atoms with Crippen molar-refractivity contribution in [1.29, 1.82) is 0 Å². The summed E-state index contributed by atoms with van der Waals surface area (Å²) in [6, 6.07) is 3.74. The number of carbonyl (C=O) groups is 1. The van der Waals surface area contributed by atoms with Crippen LogP contribution < -0.4 is 5.32 Å². The van der Waals surface area contributed by atoms with E-state index in [9.17, 15) is 4.79 Å². The van der Waals surface area contributed by atoms with Gasteiger partial charge in [-0.3, -0.25) is 4.79 Å². The summed E-state index contributed by atoms with van der Waals surface area (Å²) in [5.74, 6) is 0.364. The standard InChI is InChI=1S/C19H32N2O3Si/c1-14-10-11-17(20-12-14)21-18(22)16(13-23-15-8-7-9-15)24-25(5,6)19(2,3)4/h10-12,15-16H,7-9,13H2,1-6H3,(H,20,21,22)/t16-/m0/s1. The highest BCUT2D eigenvalue weighted by molar-refractivity contribution is 6.74. The van der Waals surface area contributed by atoms with Crippen molar-refractivity contribution in [2.45, 2.75) is 77.3 Å². The van der Waals surface area contributed by atoms with Crippen molar-refractivity contribution in [3.8, 4) is 0 Å². The quantitative estimate of drug-likeness (QED) is 0.733. The van der Waals surface area contributed by atoms with Crippen molar-refractivity contribution in [3.63, 3.8) is 0 Å². The summed E-state index contributed by atoms with van der Waals surface area (Å²) < 4.78 is 12.2. The fraction of sp³-hybridized carbons (Fsp3) is 0.684. The number of amides is 1. The minimum atomic E-state index is -2.08. The smallest absolute Gasteiger partial charge is 0.255 e. The van der Waals surface area contributed by atoms with Crippen LogP contribution in [0.5, 0.6) is 0 Å². The number of hydrogen-bond donors (Lipinski definition) is 1. The minimum absolute atomic E-state index is 0.0319. The van der Waals surface area contributed by atoms with E-state index in [1.54, 1.807) is 6.20 Å². The van der Waals surface area contributed by atoms with Gasteiger partial charge in [-0.15, -0.1) is 0 Å². The predicted molar refractivity (Wildman–Crippen MR) is 103 cm³/mol. The predicted octanol–water partition coefficient (Wildman–Crippen LogP) is 4.29. The molecule has 0 radical (unpaired) electrons. The first kappa shape index (κ1) is 20.1. The maximum absolute atomic E-state index is 12.8. The average Bonchev–Trinajstić information content (AvgIpc) is 2.45. The number of rotatable bonds is 7. The van der Waals surface area contributed by atoms with Crippen LogP contribution in [-0.4, -0.2) is 38.0 Å². The zero-order valence-corrected chi connectivity index (χ0v) is 17.4. The molecule has 1 saturated carbocycles. The summed E-state index contributed by atoms with van der Waals surface area (Å²) in [6.07, 6.45) is 4.77.